The van der Waals surface area contributed by atoms with Crippen molar-refractivity contribution in [1.29, 1.82) is 0 Å². The lowest BCUT2D eigenvalue weighted by atomic mass is 10.0. The Morgan fingerprint density at radius 2 is 1.61 bits per heavy atom. The second kappa shape index (κ2) is 9.30. The van der Waals surface area contributed by atoms with Gasteiger partial charge in [-0.2, -0.15) is 0 Å². The summed E-state index contributed by atoms with van der Waals surface area (Å²) in [5.41, 5.74) is 0.570. The van der Waals surface area contributed by atoms with Gasteiger partial charge in [-0.1, -0.05) is 28.8 Å². The molecular formula is C22H22F2N4O2S. The largest absolute Gasteiger partial charge is 0.349 e. The van der Waals surface area contributed by atoms with E-state index in [1.165, 1.54) is 58.8 Å². The molecule has 1 heterocycles. The molecule has 1 atom stereocenters. The van der Waals surface area contributed by atoms with E-state index in [4.69, 9.17) is 0 Å². The summed E-state index contributed by atoms with van der Waals surface area (Å²) in [6.07, 6.45) is 0. The van der Waals surface area contributed by atoms with E-state index in [0.717, 1.165) is 11.5 Å². The molecule has 0 aliphatic carbocycles. The first-order valence-corrected chi connectivity index (χ1v) is 10.4. The van der Waals surface area contributed by atoms with Crippen molar-refractivity contribution in [3.05, 3.63) is 82.4 Å². The van der Waals surface area contributed by atoms with Gasteiger partial charge >= 0.3 is 0 Å². The van der Waals surface area contributed by atoms with E-state index in [0.29, 0.717) is 11.1 Å². The average Bonchev–Trinajstić information content (AvgIpc) is 3.23. The quantitative estimate of drug-likeness (QED) is 0.621. The van der Waals surface area contributed by atoms with Gasteiger partial charge in [0, 0.05) is 17.5 Å². The topological polar surface area (TPSA) is 75.2 Å². The summed E-state index contributed by atoms with van der Waals surface area (Å²) in [4.78, 5) is 28.0. The van der Waals surface area contributed by atoms with Gasteiger partial charge in [-0.15, -0.1) is 5.10 Å². The molecule has 0 saturated carbocycles. The van der Waals surface area contributed by atoms with E-state index < -0.39 is 35.0 Å². The maximum Gasteiger partial charge on any atom is 0.276 e. The van der Waals surface area contributed by atoms with Gasteiger partial charge < -0.3 is 10.2 Å². The summed E-state index contributed by atoms with van der Waals surface area (Å²) in [7, 11) is 0. The molecule has 3 aromatic rings. The minimum Gasteiger partial charge on any atom is -0.349 e. The number of benzene rings is 2. The summed E-state index contributed by atoms with van der Waals surface area (Å²) >= 11 is 1.01. The minimum absolute atomic E-state index is 0.0102. The first kappa shape index (κ1) is 22.5. The van der Waals surface area contributed by atoms with E-state index in [9.17, 15) is 18.4 Å². The van der Waals surface area contributed by atoms with Crippen molar-refractivity contribution in [2.24, 2.45) is 0 Å². The summed E-state index contributed by atoms with van der Waals surface area (Å²) in [5.74, 6) is -1.82. The van der Waals surface area contributed by atoms with Crippen LogP contribution in [0.5, 0.6) is 0 Å². The second-order valence-electron chi connectivity index (χ2n) is 8.04. The Labute approximate surface area is 183 Å². The molecule has 0 bridgehead atoms. The molecule has 2 amide bonds. The lowest BCUT2D eigenvalue weighted by Crippen LogP contribution is -2.49. The van der Waals surface area contributed by atoms with E-state index in [1.54, 1.807) is 0 Å². The van der Waals surface area contributed by atoms with Crippen LogP contribution < -0.4 is 5.32 Å². The number of nitrogens with zero attached hydrogens (tertiary/aromatic N) is 3. The van der Waals surface area contributed by atoms with Gasteiger partial charge in [0.15, 0.2) is 5.69 Å². The molecule has 0 aliphatic rings. The fourth-order valence-corrected chi connectivity index (χ4v) is 3.46. The molecular weight excluding hydrogens is 422 g/mol. The Morgan fingerprint density at radius 3 is 2.13 bits per heavy atom. The van der Waals surface area contributed by atoms with Crippen LogP contribution in [0.1, 0.15) is 48.4 Å². The molecule has 1 N–H and O–H groups in total. The van der Waals surface area contributed by atoms with Crippen molar-refractivity contribution >= 4 is 23.3 Å². The van der Waals surface area contributed by atoms with Crippen molar-refractivity contribution in [2.75, 3.05) is 0 Å². The highest BCUT2D eigenvalue weighted by Crippen LogP contribution is 2.27. The first-order valence-electron chi connectivity index (χ1n) is 9.54. The molecule has 0 saturated heterocycles. The van der Waals surface area contributed by atoms with Crippen LogP contribution in [0.3, 0.4) is 0 Å². The van der Waals surface area contributed by atoms with Crippen LogP contribution in [0.15, 0.2) is 53.9 Å². The number of amides is 2. The summed E-state index contributed by atoms with van der Waals surface area (Å²) < 4.78 is 30.7. The number of carbonyl (C=O) groups is 2. The Kier molecular flexibility index (Phi) is 6.74. The molecule has 0 radical (unpaired) electrons. The first-order chi connectivity index (χ1) is 14.6. The molecule has 0 aliphatic heterocycles. The Bertz CT molecular complexity index is 1030. The van der Waals surface area contributed by atoms with E-state index in [2.05, 4.69) is 14.9 Å². The number of halogens is 2. The monoisotopic (exact) mass is 444 g/mol. The predicted octanol–water partition coefficient (Wildman–Crippen LogP) is 4.11. The van der Waals surface area contributed by atoms with Crippen molar-refractivity contribution in [3.8, 4) is 0 Å². The van der Waals surface area contributed by atoms with Crippen LogP contribution in [0.4, 0.5) is 8.78 Å². The standard InChI is InChI=1S/C22H22F2N4O2S/c1-22(2,3)25-20(29)19(15-6-10-17(24)11-7-15)28(21(30)18-13-31-27-26-18)12-14-4-8-16(23)9-5-14/h4-11,13,19H,12H2,1-3H3,(H,25,29). The third-order valence-electron chi connectivity index (χ3n) is 4.35. The molecule has 6 nitrogen and oxygen atoms in total. The molecule has 0 spiro atoms. The second-order valence-corrected chi connectivity index (χ2v) is 8.65. The van der Waals surface area contributed by atoms with Crippen LogP contribution in [-0.2, 0) is 11.3 Å². The van der Waals surface area contributed by atoms with E-state index in [-0.39, 0.29) is 12.2 Å². The SMILES string of the molecule is CC(C)(C)NC(=O)C(c1ccc(F)cc1)N(Cc1ccc(F)cc1)C(=O)c1csnn1. The number of hydrogen-bond donors (Lipinski definition) is 1. The highest BCUT2D eigenvalue weighted by atomic mass is 32.1. The third kappa shape index (κ3) is 5.91. The van der Waals surface area contributed by atoms with E-state index >= 15 is 0 Å². The molecule has 9 heteroatoms. The van der Waals surface area contributed by atoms with Crippen molar-refractivity contribution < 1.29 is 18.4 Å². The van der Waals surface area contributed by atoms with Crippen molar-refractivity contribution in [2.45, 2.75) is 38.9 Å². The highest BCUT2D eigenvalue weighted by Gasteiger charge is 2.34. The normalized spacial score (nSPS) is 12.3. The highest BCUT2D eigenvalue weighted by molar-refractivity contribution is 7.03. The Hall–Kier alpha value is -3.20. The fourth-order valence-electron chi connectivity index (χ4n) is 3.03. The summed E-state index contributed by atoms with van der Waals surface area (Å²) in [5, 5.41) is 8.22. The number of nitrogens with one attached hydrogen (secondary N) is 1. The van der Waals surface area contributed by atoms with Crippen LogP contribution in [0.2, 0.25) is 0 Å². The average molecular weight is 445 g/mol. The van der Waals surface area contributed by atoms with Crippen molar-refractivity contribution in [3.63, 3.8) is 0 Å². The van der Waals surface area contributed by atoms with E-state index in [1.807, 2.05) is 20.8 Å². The number of aromatic nitrogens is 2. The maximum absolute atomic E-state index is 13.6. The van der Waals surface area contributed by atoms with Crippen LogP contribution in [0.25, 0.3) is 0 Å². The smallest absolute Gasteiger partial charge is 0.276 e. The molecule has 3 rings (SSSR count). The Morgan fingerprint density at radius 1 is 1.03 bits per heavy atom. The molecule has 0 fully saturated rings. The summed E-state index contributed by atoms with van der Waals surface area (Å²) in [6.45, 7) is 5.48. The predicted molar refractivity (Wildman–Crippen MR) is 113 cm³/mol. The maximum atomic E-state index is 13.6. The molecule has 1 aromatic heterocycles. The van der Waals surface area contributed by atoms with Gasteiger partial charge in [0.2, 0.25) is 5.91 Å². The third-order valence-corrected chi connectivity index (χ3v) is 4.85. The number of rotatable bonds is 6. The van der Waals surface area contributed by atoms with Crippen LogP contribution >= 0.6 is 11.5 Å². The zero-order valence-electron chi connectivity index (χ0n) is 17.3. The van der Waals surface area contributed by atoms with Gasteiger partial charge in [0.1, 0.15) is 17.7 Å². The van der Waals surface area contributed by atoms with Gasteiger partial charge in [-0.3, -0.25) is 9.59 Å². The van der Waals surface area contributed by atoms with Crippen molar-refractivity contribution in [1.82, 2.24) is 19.8 Å². The lowest BCUT2D eigenvalue weighted by Gasteiger charge is -2.33. The van der Waals surface area contributed by atoms with Gasteiger partial charge in [0.05, 0.1) is 0 Å². The van der Waals surface area contributed by atoms with Gasteiger partial charge in [0.25, 0.3) is 5.91 Å². The fraction of sp³-hybridized carbons (Fsp3) is 0.273. The zero-order chi connectivity index (χ0) is 22.6. The van der Waals surface area contributed by atoms with Crippen LogP contribution in [-0.4, -0.2) is 31.8 Å². The summed E-state index contributed by atoms with van der Waals surface area (Å²) in [6, 6.07) is 9.97. The number of hydrogen-bond acceptors (Lipinski definition) is 5. The van der Waals surface area contributed by atoms with Crippen LogP contribution in [0, 0.1) is 11.6 Å². The molecule has 1 unspecified atom stereocenters. The molecule has 31 heavy (non-hydrogen) atoms. The molecule has 2 aromatic carbocycles. The van der Waals surface area contributed by atoms with Gasteiger partial charge in [-0.05, 0) is 67.7 Å². The lowest BCUT2D eigenvalue weighted by molar-refractivity contribution is -0.127. The Balaban J connectivity index is 2.08. The van der Waals surface area contributed by atoms with Gasteiger partial charge in [-0.25, -0.2) is 8.78 Å². The molecule has 162 valence electrons. The zero-order valence-corrected chi connectivity index (χ0v) is 18.1. The minimum atomic E-state index is -1.07. The number of carbonyl (C=O) groups excluding carboxylic acids is 2.